The van der Waals surface area contributed by atoms with E-state index in [0.717, 1.165) is 12.8 Å². The van der Waals surface area contributed by atoms with E-state index in [-0.39, 0.29) is 16.8 Å². The number of amides is 4. The summed E-state index contributed by atoms with van der Waals surface area (Å²) in [4.78, 5) is 37.8. The van der Waals surface area contributed by atoms with Crippen molar-refractivity contribution in [3.63, 3.8) is 0 Å². The molecule has 1 aliphatic heterocycles. The molecule has 1 heterocycles. The molecule has 4 N–H and O–H groups in total. The highest BCUT2D eigenvalue weighted by Crippen LogP contribution is 2.23. The predicted molar refractivity (Wildman–Crippen MR) is 125 cm³/mol. The van der Waals surface area contributed by atoms with E-state index < -0.39 is 22.0 Å². The Labute approximate surface area is 192 Å². The number of carbonyl (C=O) groups excluding carboxylic acids is 3. The van der Waals surface area contributed by atoms with Crippen molar-refractivity contribution in [2.24, 2.45) is 0 Å². The minimum absolute atomic E-state index is 0.0467. The number of anilines is 3. The van der Waals surface area contributed by atoms with E-state index in [1.54, 1.807) is 29.2 Å². The maximum Gasteiger partial charge on any atom is 0.321 e. The largest absolute Gasteiger partial charge is 0.326 e. The van der Waals surface area contributed by atoms with Crippen LogP contribution >= 0.6 is 0 Å². The first-order valence-corrected chi connectivity index (χ1v) is 12.0. The molecule has 2 aromatic carbocycles. The molecule has 33 heavy (non-hydrogen) atoms. The smallest absolute Gasteiger partial charge is 0.321 e. The minimum atomic E-state index is -3.98. The van der Waals surface area contributed by atoms with Crippen LogP contribution in [0.3, 0.4) is 0 Å². The van der Waals surface area contributed by atoms with Gasteiger partial charge in [-0.25, -0.2) is 13.2 Å². The standard InChI is InChI=1S/C22H27N5O5S/c1-15(26-33(31,32)18-11-9-17(10-12-18)23-16(2)28)21(29)24-19-7-3-4-8-20(19)25-22(30)27-13-5-6-14-27/h3-4,7-12,15,26H,5-6,13-14H2,1-2H3,(H,23,28)(H,24,29)(H,25,30)/t15-/m0/s1. The molecule has 1 aliphatic rings. The van der Waals surface area contributed by atoms with E-state index >= 15 is 0 Å². The van der Waals surface area contributed by atoms with Gasteiger partial charge in [0.1, 0.15) is 0 Å². The van der Waals surface area contributed by atoms with Gasteiger partial charge in [-0.15, -0.1) is 0 Å². The van der Waals surface area contributed by atoms with Crippen molar-refractivity contribution in [3.8, 4) is 0 Å². The van der Waals surface area contributed by atoms with Gasteiger partial charge in [-0.2, -0.15) is 4.72 Å². The van der Waals surface area contributed by atoms with Crippen LogP contribution in [0.2, 0.25) is 0 Å². The van der Waals surface area contributed by atoms with E-state index in [1.807, 2.05) is 0 Å². The van der Waals surface area contributed by atoms with E-state index in [0.29, 0.717) is 30.2 Å². The number of hydrogen-bond donors (Lipinski definition) is 4. The van der Waals surface area contributed by atoms with Gasteiger partial charge in [-0.05, 0) is 56.2 Å². The van der Waals surface area contributed by atoms with Crippen LogP contribution < -0.4 is 20.7 Å². The fraction of sp³-hybridized carbons (Fsp3) is 0.318. The number of rotatable bonds is 7. The molecule has 176 valence electrons. The highest BCUT2D eigenvalue weighted by Gasteiger charge is 2.24. The van der Waals surface area contributed by atoms with Gasteiger partial charge in [-0.3, -0.25) is 9.59 Å². The summed E-state index contributed by atoms with van der Waals surface area (Å²) in [6.45, 7) is 4.14. The lowest BCUT2D eigenvalue weighted by Gasteiger charge is -2.19. The topological polar surface area (TPSA) is 137 Å². The fourth-order valence-corrected chi connectivity index (χ4v) is 4.53. The van der Waals surface area contributed by atoms with E-state index in [4.69, 9.17) is 0 Å². The maximum atomic E-state index is 12.7. The van der Waals surface area contributed by atoms with Gasteiger partial charge < -0.3 is 20.9 Å². The molecule has 1 atom stereocenters. The second-order valence-corrected chi connectivity index (χ2v) is 9.42. The van der Waals surface area contributed by atoms with Crippen molar-refractivity contribution in [1.29, 1.82) is 0 Å². The first-order chi connectivity index (χ1) is 15.7. The third kappa shape index (κ3) is 6.53. The Kier molecular flexibility index (Phi) is 7.67. The molecule has 3 rings (SSSR count). The van der Waals surface area contributed by atoms with Gasteiger partial charge in [0.2, 0.25) is 21.8 Å². The molecule has 0 saturated carbocycles. The van der Waals surface area contributed by atoms with Crippen LogP contribution in [-0.4, -0.2) is 50.3 Å². The Morgan fingerprint density at radius 1 is 0.879 bits per heavy atom. The Morgan fingerprint density at radius 2 is 1.45 bits per heavy atom. The summed E-state index contributed by atoms with van der Waals surface area (Å²) in [6.07, 6.45) is 1.92. The summed E-state index contributed by atoms with van der Waals surface area (Å²) < 4.78 is 27.6. The number of likely N-dealkylation sites (tertiary alicyclic amines) is 1. The van der Waals surface area contributed by atoms with E-state index in [9.17, 15) is 22.8 Å². The summed E-state index contributed by atoms with van der Waals surface area (Å²) in [6, 6.07) is 11.0. The number of urea groups is 1. The Hall–Kier alpha value is -3.44. The van der Waals surface area contributed by atoms with E-state index in [2.05, 4.69) is 20.7 Å². The van der Waals surface area contributed by atoms with Crippen LogP contribution in [-0.2, 0) is 19.6 Å². The summed E-state index contributed by atoms with van der Waals surface area (Å²) in [5.74, 6) is -0.859. The quantitative estimate of drug-likeness (QED) is 0.490. The zero-order chi connectivity index (χ0) is 24.0. The third-order valence-corrected chi connectivity index (χ3v) is 6.59. The molecule has 0 aromatic heterocycles. The lowest BCUT2D eigenvalue weighted by atomic mass is 10.2. The van der Waals surface area contributed by atoms with Crippen LogP contribution in [0.1, 0.15) is 26.7 Å². The van der Waals surface area contributed by atoms with Crippen molar-refractivity contribution in [2.45, 2.75) is 37.6 Å². The predicted octanol–water partition coefficient (Wildman–Crippen LogP) is 2.58. The average Bonchev–Trinajstić information content (AvgIpc) is 3.30. The molecule has 0 bridgehead atoms. The molecule has 11 heteroatoms. The second kappa shape index (κ2) is 10.5. The number of sulfonamides is 1. The summed E-state index contributed by atoms with van der Waals surface area (Å²) in [5.41, 5.74) is 1.24. The molecule has 4 amide bonds. The SMILES string of the molecule is CC(=O)Nc1ccc(S(=O)(=O)N[C@@H](C)C(=O)Nc2ccccc2NC(=O)N2CCCC2)cc1. The summed E-state index contributed by atoms with van der Waals surface area (Å²) in [5, 5.41) is 8.01. The lowest BCUT2D eigenvalue weighted by Crippen LogP contribution is -2.41. The minimum Gasteiger partial charge on any atom is -0.326 e. The molecule has 0 radical (unpaired) electrons. The molecule has 0 aliphatic carbocycles. The number of carbonyl (C=O) groups is 3. The highest BCUT2D eigenvalue weighted by molar-refractivity contribution is 7.89. The van der Waals surface area contributed by atoms with Crippen molar-refractivity contribution in [2.75, 3.05) is 29.0 Å². The molecule has 0 unspecified atom stereocenters. The maximum absolute atomic E-state index is 12.7. The van der Waals surface area contributed by atoms with Crippen LogP contribution in [0.5, 0.6) is 0 Å². The van der Waals surface area contributed by atoms with Gasteiger partial charge in [0.25, 0.3) is 0 Å². The summed E-state index contributed by atoms with van der Waals surface area (Å²) >= 11 is 0. The van der Waals surface area contributed by atoms with Gasteiger partial charge in [0.05, 0.1) is 22.3 Å². The van der Waals surface area contributed by atoms with Crippen LogP contribution in [0.4, 0.5) is 21.9 Å². The number of nitrogens with one attached hydrogen (secondary N) is 4. The zero-order valence-corrected chi connectivity index (χ0v) is 19.2. The molecular formula is C22H27N5O5S. The van der Waals surface area contributed by atoms with E-state index in [1.165, 1.54) is 38.1 Å². The van der Waals surface area contributed by atoms with Crippen LogP contribution in [0, 0.1) is 0 Å². The Bertz CT molecular complexity index is 1130. The van der Waals surface area contributed by atoms with Gasteiger partial charge >= 0.3 is 6.03 Å². The average molecular weight is 474 g/mol. The fourth-order valence-electron chi connectivity index (χ4n) is 3.33. The monoisotopic (exact) mass is 473 g/mol. The lowest BCUT2D eigenvalue weighted by molar-refractivity contribution is -0.117. The van der Waals surface area contributed by atoms with Gasteiger partial charge in [0, 0.05) is 25.7 Å². The Morgan fingerprint density at radius 3 is 2.03 bits per heavy atom. The zero-order valence-electron chi connectivity index (χ0n) is 18.4. The molecule has 1 fully saturated rings. The molecular weight excluding hydrogens is 446 g/mol. The first kappa shape index (κ1) is 24.2. The van der Waals surface area contributed by atoms with Gasteiger partial charge in [0.15, 0.2) is 0 Å². The van der Waals surface area contributed by atoms with Crippen LogP contribution in [0.15, 0.2) is 53.4 Å². The van der Waals surface area contributed by atoms with Gasteiger partial charge in [-0.1, -0.05) is 12.1 Å². The normalized spacial score (nSPS) is 14.4. The number of benzene rings is 2. The number of hydrogen-bond acceptors (Lipinski definition) is 5. The first-order valence-electron chi connectivity index (χ1n) is 10.5. The molecule has 1 saturated heterocycles. The van der Waals surface area contributed by atoms with Crippen molar-refractivity contribution >= 4 is 44.9 Å². The molecule has 2 aromatic rings. The third-order valence-electron chi connectivity index (χ3n) is 5.03. The molecule has 10 nitrogen and oxygen atoms in total. The van der Waals surface area contributed by atoms with Crippen molar-refractivity contribution in [1.82, 2.24) is 9.62 Å². The molecule has 0 spiro atoms. The number of para-hydroxylation sites is 2. The van der Waals surface area contributed by atoms with Crippen LogP contribution in [0.25, 0.3) is 0 Å². The number of nitrogens with zero attached hydrogens (tertiary/aromatic N) is 1. The highest BCUT2D eigenvalue weighted by atomic mass is 32.2. The Balaban J connectivity index is 1.64. The summed E-state index contributed by atoms with van der Waals surface area (Å²) in [7, 11) is -3.98. The second-order valence-electron chi connectivity index (χ2n) is 7.71. The van der Waals surface area contributed by atoms with Crippen molar-refractivity contribution in [3.05, 3.63) is 48.5 Å². The van der Waals surface area contributed by atoms with Crippen molar-refractivity contribution < 1.29 is 22.8 Å².